The zero-order chi connectivity index (χ0) is 24.4. The highest BCUT2D eigenvalue weighted by atomic mass is 16.5. The number of hydrogen-bond donors (Lipinski definition) is 2. The van der Waals surface area contributed by atoms with Crippen LogP contribution in [-0.4, -0.2) is 67.4 Å². The van der Waals surface area contributed by atoms with Crippen LogP contribution in [0.5, 0.6) is 5.75 Å². The van der Waals surface area contributed by atoms with Crippen LogP contribution in [0, 0.1) is 0 Å². The van der Waals surface area contributed by atoms with E-state index in [1.807, 2.05) is 43.4 Å². The number of nitrogens with one attached hydrogen (secondary N) is 2. The van der Waals surface area contributed by atoms with E-state index in [2.05, 4.69) is 50.7 Å². The van der Waals surface area contributed by atoms with E-state index in [1.165, 1.54) is 0 Å². The molecule has 3 heterocycles. The van der Waals surface area contributed by atoms with Crippen molar-refractivity contribution in [2.75, 3.05) is 56.9 Å². The molecule has 35 heavy (non-hydrogen) atoms. The van der Waals surface area contributed by atoms with Crippen LogP contribution in [0.3, 0.4) is 0 Å². The van der Waals surface area contributed by atoms with E-state index in [1.54, 1.807) is 13.3 Å². The van der Waals surface area contributed by atoms with Gasteiger partial charge in [-0.1, -0.05) is 17.3 Å². The Hall–Kier alpha value is -3.85. The predicted octanol–water partition coefficient (Wildman–Crippen LogP) is 4.61. The standard InChI is InChI=1S/C26H31N7O2/c1-27-20-15-21(24(34-4)16-22(20)33-13-10-17(11-14-33)32(2)3)30-26-28-12-9-19(29-26)25-18-7-5-6-8-23(18)35-31-25/h5-9,12,15-17,27H,10-11,13-14H2,1-4H3,(H,28,29,30). The van der Waals surface area contributed by atoms with Crippen LogP contribution in [-0.2, 0) is 0 Å². The van der Waals surface area contributed by atoms with Crippen LogP contribution in [0.4, 0.5) is 23.0 Å². The van der Waals surface area contributed by atoms with Crippen molar-refractivity contribution in [3.05, 3.63) is 48.7 Å². The molecule has 2 aromatic heterocycles. The van der Waals surface area contributed by atoms with Crippen molar-refractivity contribution in [2.45, 2.75) is 18.9 Å². The number of methoxy groups -OCH3 is 1. The number of piperidine rings is 1. The topological polar surface area (TPSA) is 91.6 Å². The summed E-state index contributed by atoms with van der Waals surface area (Å²) in [6.45, 7) is 2.01. The van der Waals surface area contributed by atoms with Crippen LogP contribution in [0.1, 0.15) is 12.8 Å². The second-order valence-corrected chi connectivity index (χ2v) is 8.92. The highest BCUT2D eigenvalue weighted by molar-refractivity contribution is 5.90. The summed E-state index contributed by atoms with van der Waals surface area (Å²) in [6, 6.07) is 14.3. The first-order valence-electron chi connectivity index (χ1n) is 11.8. The van der Waals surface area contributed by atoms with E-state index in [-0.39, 0.29) is 0 Å². The van der Waals surface area contributed by atoms with Gasteiger partial charge in [0, 0.05) is 38.4 Å². The molecule has 0 unspecified atom stereocenters. The fraction of sp³-hybridized carbons (Fsp3) is 0.346. The summed E-state index contributed by atoms with van der Waals surface area (Å²) in [5, 5.41) is 11.8. The van der Waals surface area contributed by atoms with Gasteiger partial charge in [0.1, 0.15) is 11.4 Å². The van der Waals surface area contributed by atoms with Gasteiger partial charge in [0.15, 0.2) is 5.58 Å². The third-order valence-electron chi connectivity index (χ3n) is 6.64. The summed E-state index contributed by atoms with van der Waals surface area (Å²) < 4.78 is 11.2. The average molecular weight is 474 g/mol. The minimum atomic E-state index is 0.453. The van der Waals surface area contributed by atoms with Gasteiger partial charge in [0.25, 0.3) is 0 Å². The van der Waals surface area contributed by atoms with E-state index >= 15 is 0 Å². The number of aromatic nitrogens is 3. The lowest BCUT2D eigenvalue weighted by Crippen LogP contribution is -2.42. The van der Waals surface area contributed by atoms with Gasteiger partial charge in [-0.3, -0.25) is 0 Å². The molecule has 9 nitrogen and oxygen atoms in total. The molecule has 2 aromatic carbocycles. The largest absolute Gasteiger partial charge is 0.494 e. The Morgan fingerprint density at radius 1 is 1.09 bits per heavy atom. The molecule has 5 rings (SSSR count). The van der Waals surface area contributed by atoms with Gasteiger partial charge in [0.05, 0.1) is 35.3 Å². The first-order valence-corrected chi connectivity index (χ1v) is 11.8. The first kappa shape index (κ1) is 22.9. The van der Waals surface area contributed by atoms with Gasteiger partial charge >= 0.3 is 0 Å². The fourth-order valence-corrected chi connectivity index (χ4v) is 4.66. The Labute approximate surface area is 205 Å². The molecule has 0 amide bonds. The highest BCUT2D eigenvalue weighted by Crippen LogP contribution is 2.39. The lowest BCUT2D eigenvalue weighted by molar-refractivity contribution is 0.249. The summed E-state index contributed by atoms with van der Waals surface area (Å²) in [5.41, 5.74) is 5.03. The molecular formula is C26H31N7O2. The second-order valence-electron chi connectivity index (χ2n) is 8.92. The number of nitrogens with zero attached hydrogens (tertiary/aromatic N) is 5. The van der Waals surface area contributed by atoms with Gasteiger partial charge in [-0.05, 0) is 51.2 Å². The quantitative estimate of drug-likeness (QED) is 0.399. The molecule has 0 atom stereocenters. The van der Waals surface area contributed by atoms with Crippen molar-refractivity contribution < 1.29 is 9.26 Å². The molecule has 1 fully saturated rings. The zero-order valence-corrected chi connectivity index (χ0v) is 20.6. The lowest BCUT2D eigenvalue weighted by Gasteiger charge is -2.37. The van der Waals surface area contributed by atoms with Gasteiger partial charge < -0.3 is 29.7 Å². The maximum Gasteiger partial charge on any atom is 0.227 e. The molecule has 1 aliphatic heterocycles. The van der Waals surface area contributed by atoms with Crippen LogP contribution in [0.2, 0.25) is 0 Å². The van der Waals surface area contributed by atoms with Crippen LogP contribution >= 0.6 is 0 Å². The molecule has 9 heteroatoms. The Bertz CT molecular complexity index is 1310. The Morgan fingerprint density at radius 3 is 2.63 bits per heavy atom. The molecule has 0 aliphatic carbocycles. The first-order chi connectivity index (χ1) is 17.1. The number of rotatable bonds is 7. The Balaban J connectivity index is 1.42. The van der Waals surface area contributed by atoms with E-state index in [4.69, 9.17) is 14.2 Å². The molecule has 0 radical (unpaired) electrons. The van der Waals surface area contributed by atoms with Crippen molar-refractivity contribution in [2.24, 2.45) is 0 Å². The lowest BCUT2D eigenvalue weighted by atomic mass is 10.0. The van der Waals surface area contributed by atoms with Crippen molar-refractivity contribution in [1.82, 2.24) is 20.0 Å². The molecule has 2 N–H and O–H groups in total. The monoisotopic (exact) mass is 473 g/mol. The minimum Gasteiger partial charge on any atom is -0.494 e. The van der Waals surface area contributed by atoms with Crippen LogP contribution < -0.4 is 20.3 Å². The Morgan fingerprint density at radius 2 is 1.89 bits per heavy atom. The van der Waals surface area contributed by atoms with Crippen molar-refractivity contribution in [3.63, 3.8) is 0 Å². The molecule has 0 saturated carbocycles. The van der Waals surface area contributed by atoms with Gasteiger partial charge in [-0.2, -0.15) is 0 Å². The van der Waals surface area contributed by atoms with E-state index in [9.17, 15) is 0 Å². The van der Waals surface area contributed by atoms with Gasteiger partial charge in [0.2, 0.25) is 5.95 Å². The summed E-state index contributed by atoms with van der Waals surface area (Å²) in [7, 11) is 7.94. The maximum absolute atomic E-state index is 5.76. The smallest absolute Gasteiger partial charge is 0.227 e. The van der Waals surface area contributed by atoms with Crippen LogP contribution in [0.25, 0.3) is 22.4 Å². The van der Waals surface area contributed by atoms with E-state index < -0.39 is 0 Å². The van der Waals surface area contributed by atoms with Gasteiger partial charge in [-0.25, -0.2) is 9.97 Å². The molecule has 4 aromatic rings. The molecule has 1 aliphatic rings. The summed E-state index contributed by atoms with van der Waals surface area (Å²) in [5.74, 6) is 1.18. The third kappa shape index (κ3) is 4.59. The van der Waals surface area contributed by atoms with Crippen molar-refractivity contribution >= 4 is 34.0 Å². The van der Waals surface area contributed by atoms with Gasteiger partial charge in [-0.15, -0.1) is 0 Å². The molecule has 0 spiro atoms. The van der Waals surface area contributed by atoms with E-state index in [0.29, 0.717) is 23.4 Å². The molecule has 0 bridgehead atoms. The number of ether oxygens (including phenoxy) is 1. The SMILES string of the molecule is CNc1cc(Nc2nccc(-c3noc4ccccc34)n2)c(OC)cc1N1CCC(N(C)C)CC1. The number of anilines is 4. The predicted molar refractivity (Wildman–Crippen MR) is 140 cm³/mol. The highest BCUT2D eigenvalue weighted by Gasteiger charge is 2.24. The molecule has 1 saturated heterocycles. The normalized spacial score (nSPS) is 14.5. The van der Waals surface area contributed by atoms with E-state index in [0.717, 1.165) is 59.7 Å². The fourth-order valence-electron chi connectivity index (χ4n) is 4.66. The maximum atomic E-state index is 5.76. The zero-order valence-electron chi connectivity index (χ0n) is 20.6. The number of fused-ring (bicyclic) bond motifs is 1. The van der Waals surface area contributed by atoms with Crippen molar-refractivity contribution in [1.29, 1.82) is 0 Å². The third-order valence-corrected chi connectivity index (χ3v) is 6.64. The summed E-state index contributed by atoms with van der Waals surface area (Å²) in [4.78, 5) is 13.9. The minimum absolute atomic E-state index is 0.453. The van der Waals surface area contributed by atoms with Crippen molar-refractivity contribution in [3.8, 4) is 17.1 Å². The van der Waals surface area contributed by atoms with Crippen LogP contribution in [0.15, 0.2) is 53.2 Å². The number of para-hydroxylation sites is 1. The second kappa shape index (κ2) is 9.79. The molecule has 182 valence electrons. The summed E-state index contributed by atoms with van der Waals surface area (Å²) >= 11 is 0. The average Bonchev–Trinajstić information content (AvgIpc) is 3.33. The number of hydrogen-bond acceptors (Lipinski definition) is 9. The molecular weight excluding hydrogens is 442 g/mol. The number of benzene rings is 2. The Kier molecular flexibility index (Phi) is 6.41. The summed E-state index contributed by atoms with van der Waals surface area (Å²) in [6.07, 6.45) is 3.98.